The summed E-state index contributed by atoms with van der Waals surface area (Å²) in [5.41, 5.74) is -2.44. The van der Waals surface area contributed by atoms with Crippen LogP contribution in [-0.2, 0) is 4.74 Å². The molecule has 0 bridgehead atoms. The Balaban J connectivity index is 3.45. The molecule has 0 aliphatic heterocycles. The molecule has 0 aliphatic rings. The van der Waals surface area contributed by atoms with Gasteiger partial charge in [-0.1, -0.05) is 0 Å². The molecule has 1 N–H and O–H groups in total. The Kier molecular flexibility index (Phi) is 4.32. The number of alkyl halides is 3. The average molecular weight is 296 g/mol. The molecule has 1 rings (SSSR count). The predicted octanol–water partition coefficient (Wildman–Crippen LogP) is 1.77. The Morgan fingerprint density at radius 2 is 2.15 bits per heavy atom. The lowest BCUT2D eigenvalue weighted by atomic mass is 10.2. The highest BCUT2D eigenvalue weighted by Gasteiger charge is 2.39. The third-order valence-electron chi connectivity index (χ3n) is 1.86. The molecule has 0 atom stereocenters. The third-order valence-corrected chi connectivity index (χ3v) is 1.86. The van der Waals surface area contributed by atoms with Crippen molar-refractivity contribution in [2.24, 2.45) is 0 Å². The number of carbonyl (C=O) groups is 1. The van der Waals surface area contributed by atoms with Gasteiger partial charge >= 0.3 is 18.0 Å². The van der Waals surface area contributed by atoms with Gasteiger partial charge in [0.15, 0.2) is 5.75 Å². The largest absolute Gasteiger partial charge is 0.573 e. The molecule has 1 heterocycles. The average Bonchev–Trinajstić information content (AvgIpc) is 2.29. The summed E-state index contributed by atoms with van der Waals surface area (Å²) in [7, 11) is 0. The second-order valence-corrected chi connectivity index (χ2v) is 3.20. The highest BCUT2D eigenvalue weighted by atomic mass is 19.4. The molecule has 1 aromatic rings. The van der Waals surface area contributed by atoms with E-state index in [0.29, 0.717) is 6.20 Å². The molecule has 0 saturated heterocycles. The number of esters is 1. The number of halogens is 3. The van der Waals surface area contributed by atoms with Gasteiger partial charge in [-0.15, -0.1) is 13.2 Å². The fourth-order valence-corrected chi connectivity index (χ4v) is 1.21. The van der Waals surface area contributed by atoms with Crippen molar-refractivity contribution in [1.82, 2.24) is 4.98 Å². The number of pyridine rings is 1. The van der Waals surface area contributed by atoms with Crippen LogP contribution in [0.4, 0.5) is 18.9 Å². The highest BCUT2D eigenvalue weighted by molar-refractivity contribution is 5.93. The van der Waals surface area contributed by atoms with Gasteiger partial charge in [-0.25, -0.2) is 9.78 Å². The third kappa shape index (κ3) is 3.46. The fraction of sp³-hybridized carbons (Fsp3) is 0.333. The van der Waals surface area contributed by atoms with Crippen molar-refractivity contribution in [3.63, 3.8) is 0 Å². The van der Waals surface area contributed by atoms with Crippen LogP contribution < -0.4 is 4.74 Å². The number of rotatable bonds is 4. The first-order valence-corrected chi connectivity index (χ1v) is 4.96. The molecule has 20 heavy (non-hydrogen) atoms. The molecule has 0 unspecified atom stereocenters. The SMILES string of the molecule is CCOC(=O)c1ncc(O)c(OC(F)(F)F)c1[N+](=O)[O-]. The lowest BCUT2D eigenvalue weighted by Gasteiger charge is -2.11. The summed E-state index contributed by atoms with van der Waals surface area (Å²) in [6.07, 6.45) is -4.88. The van der Waals surface area contributed by atoms with E-state index in [0.717, 1.165) is 0 Å². The lowest BCUT2D eigenvalue weighted by molar-refractivity contribution is -0.389. The van der Waals surface area contributed by atoms with E-state index in [1.807, 2.05) is 0 Å². The number of aromatic hydroxyl groups is 1. The predicted molar refractivity (Wildman–Crippen MR) is 55.2 cm³/mol. The van der Waals surface area contributed by atoms with Gasteiger partial charge < -0.3 is 14.6 Å². The van der Waals surface area contributed by atoms with E-state index in [4.69, 9.17) is 0 Å². The Morgan fingerprint density at radius 1 is 1.55 bits per heavy atom. The minimum Gasteiger partial charge on any atom is -0.503 e. The van der Waals surface area contributed by atoms with E-state index in [2.05, 4.69) is 14.5 Å². The first-order chi connectivity index (χ1) is 9.17. The van der Waals surface area contributed by atoms with E-state index in [1.165, 1.54) is 6.92 Å². The van der Waals surface area contributed by atoms with E-state index in [1.54, 1.807) is 0 Å². The van der Waals surface area contributed by atoms with Crippen LogP contribution in [0.15, 0.2) is 6.20 Å². The maximum absolute atomic E-state index is 12.2. The van der Waals surface area contributed by atoms with E-state index in [-0.39, 0.29) is 6.61 Å². The molecule has 0 fully saturated rings. The molecule has 0 radical (unpaired) electrons. The first-order valence-electron chi connectivity index (χ1n) is 4.96. The number of hydrogen-bond acceptors (Lipinski definition) is 7. The summed E-state index contributed by atoms with van der Waals surface area (Å²) >= 11 is 0. The van der Waals surface area contributed by atoms with Gasteiger partial charge in [-0.05, 0) is 6.92 Å². The van der Waals surface area contributed by atoms with Gasteiger partial charge in [0.05, 0.1) is 17.7 Å². The van der Waals surface area contributed by atoms with Gasteiger partial charge in [-0.3, -0.25) is 10.1 Å². The number of ether oxygens (including phenoxy) is 2. The van der Waals surface area contributed by atoms with Crippen LogP contribution in [0.3, 0.4) is 0 Å². The van der Waals surface area contributed by atoms with Gasteiger partial charge in [0.2, 0.25) is 5.69 Å². The Labute approximate surface area is 108 Å². The minimum atomic E-state index is -5.30. The molecule has 0 aliphatic carbocycles. The number of aromatic nitrogens is 1. The van der Waals surface area contributed by atoms with Crippen molar-refractivity contribution in [3.05, 3.63) is 22.0 Å². The highest BCUT2D eigenvalue weighted by Crippen LogP contribution is 2.40. The van der Waals surface area contributed by atoms with Crippen molar-refractivity contribution < 1.29 is 37.5 Å². The van der Waals surface area contributed by atoms with Gasteiger partial charge in [0.25, 0.3) is 5.75 Å². The summed E-state index contributed by atoms with van der Waals surface area (Å²) in [4.78, 5) is 24.0. The topological polar surface area (TPSA) is 112 Å². The fourth-order valence-electron chi connectivity index (χ4n) is 1.21. The van der Waals surface area contributed by atoms with Crippen LogP contribution in [0.1, 0.15) is 17.4 Å². The standard InChI is InChI=1S/C9H7F3N2O6/c1-2-19-8(16)5-6(14(17)18)7(4(15)3-13-5)20-9(10,11)12/h3,15H,2H2,1H3. The molecule has 0 spiro atoms. The zero-order chi connectivity index (χ0) is 15.5. The second-order valence-electron chi connectivity index (χ2n) is 3.20. The molecule has 110 valence electrons. The molecule has 0 saturated carbocycles. The zero-order valence-corrected chi connectivity index (χ0v) is 9.80. The number of carbonyl (C=O) groups excluding carboxylic acids is 1. The van der Waals surface area contributed by atoms with Crippen LogP contribution >= 0.6 is 0 Å². The number of nitro groups is 1. The maximum atomic E-state index is 12.2. The van der Waals surface area contributed by atoms with Crippen LogP contribution in [0.2, 0.25) is 0 Å². The monoisotopic (exact) mass is 296 g/mol. The van der Waals surface area contributed by atoms with Crippen molar-refractivity contribution in [3.8, 4) is 11.5 Å². The molecular weight excluding hydrogens is 289 g/mol. The second kappa shape index (κ2) is 5.59. The van der Waals surface area contributed by atoms with E-state index >= 15 is 0 Å². The Bertz CT molecular complexity index is 545. The molecular formula is C9H7F3N2O6. The summed E-state index contributed by atoms with van der Waals surface area (Å²) in [6, 6.07) is 0. The maximum Gasteiger partial charge on any atom is 0.573 e. The van der Waals surface area contributed by atoms with Gasteiger partial charge in [0, 0.05) is 0 Å². The van der Waals surface area contributed by atoms with E-state index in [9.17, 15) is 33.2 Å². The molecule has 11 heteroatoms. The smallest absolute Gasteiger partial charge is 0.503 e. The summed E-state index contributed by atoms with van der Waals surface area (Å²) in [5.74, 6) is -4.08. The first kappa shape index (κ1) is 15.5. The van der Waals surface area contributed by atoms with Gasteiger partial charge in [0.1, 0.15) is 0 Å². The quantitative estimate of drug-likeness (QED) is 0.512. The summed E-state index contributed by atoms with van der Waals surface area (Å²) in [6.45, 7) is 1.21. The summed E-state index contributed by atoms with van der Waals surface area (Å²) in [5, 5.41) is 20.0. The number of hydrogen-bond donors (Lipinski definition) is 1. The summed E-state index contributed by atoms with van der Waals surface area (Å²) < 4.78 is 44.2. The van der Waals surface area contributed by atoms with Crippen molar-refractivity contribution in [2.45, 2.75) is 13.3 Å². The number of nitrogens with zero attached hydrogens (tertiary/aromatic N) is 2. The molecule has 1 aromatic heterocycles. The van der Waals surface area contributed by atoms with Gasteiger partial charge in [-0.2, -0.15) is 0 Å². The van der Waals surface area contributed by atoms with Crippen molar-refractivity contribution in [1.29, 1.82) is 0 Å². The van der Waals surface area contributed by atoms with Crippen LogP contribution in [-0.4, -0.2) is 34.0 Å². The van der Waals surface area contributed by atoms with Crippen LogP contribution in [0.25, 0.3) is 0 Å². The molecule has 0 aromatic carbocycles. The van der Waals surface area contributed by atoms with Crippen molar-refractivity contribution >= 4 is 11.7 Å². The van der Waals surface area contributed by atoms with Crippen LogP contribution in [0, 0.1) is 10.1 Å². The molecule has 0 amide bonds. The normalized spacial score (nSPS) is 11.0. The van der Waals surface area contributed by atoms with E-state index < -0.39 is 40.1 Å². The van der Waals surface area contributed by atoms with Crippen molar-refractivity contribution in [2.75, 3.05) is 6.61 Å². The Morgan fingerprint density at radius 3 is 2.60 bits per heavy atom. The minimum absolute atomic E-state index is 0.173. The lowest BCUT2D eigenvalue weighted by Crippen LogP contribution is -2.19. The Hall–Kier alpha value is -2.59. The zero-order valence-electron chi connectivity index (χ0n) is 9.80. The van der Waals surface area contributed by atoms with Crippen LogP contribution in [0.5, 0.6) is 11.5 Å². The molecule has 8 nitrogen and oxygen atoms in total.